The van der Waals surface area contributed by atoms with E-state index < -0.39 is 0 Å². The van der Waals surface area contributed by atoms with Crippen molar-refractivity contribution in [2.24, 2.45) is 0 Å². The van der Waals surface area contributed by atoms with Gasteiger partial charge in [-0.05, 0) is 60.4 Å². The molecule has 2 nitrogen and oxygen atoms in total. The second-order valence-electron chi connectivity index (χ2n) is 5.32. The predicted octanol–water partition coefficient (Wildman–Crippen LogP) is 4.55. The van der Waals surface area contributed by atoms with Gasteiger partial charge < -0.3 is 4.74 Å². The molecule has 0 saturated carbocycles. The minimum absolute atomic E-state index is 0.736. The smallest absolute Gasteiger partial charge is 0.119 e. The average Bonchev–Trinajstić information content (AvgIpc) is 2.52. The van der Waals surface area contributed by atoms with E-state index in [1.54, 1.807) is 0 Å². The molecule has 0 saturated heterocycles. The van der Waals surface area contributed by atoms with Gasteiger partial charge in [-0.25, -0.2) is 0 Å². The first kappa shape index (κ1) is 13.6. The summed E-state index contributed by atoms with van der Waals surface area (Å²) in [5.41, 5.74) is 2.58. The molecule has 2 heteroatoms. The first-order valence-corrected chi connectivity index (χ1v) is 7.33. The van der Waals surface area contributed by atoms with Crippen LogP contribution in [0.5, 0.6) is 5.75 Å². The maximum absolute atomic E-state index is 5.86. The van der Waals surface area contributed by atoms with Gasteiger partial charge >= 0.3 is 0 Å². The van der Waals surface area contributed by atoms with Crippen molar-refractivity contribution in [2.45, 2.75) is 19.8 Å². The predicted molar refractivity (Wildman–Crippen MR) is 86.7 cm³/mol. The monoisotopic (exact) mass is 277 g/mol. The Morgan fingerprint density at radius 3 is 2.57 bits per heavy atom. The maximum Gasteiger partial charge on any atom is 0.119 e. The summed E-state index contributed by atoms with van der Waals surface area (Å²) < 4.78 is 5.86. The summed E-state index contributed by atoms with van der Waals surface area (Å²) in [7, 11) is 0. The van der Waals surface area contributed by atoms with Gasteiger partial charge in [0.05, 0.1) is 6.61 Å². The number of ether oxygens (including phenoxy) is 1. The Balaban J connectivity index is 1.58. The van der Waals surface area contributed by atoms with Crippen LogP contribution in [0.15, 0.2) is 60.9 Å². The van der Waals surface area contributed by atoms with Gasteiger partial charge in [0.2, 0.25) is 0 Å². The summed E-state index contributed by atoms with van der Waals surface area (Å²) in [6, 6.07) is 16.9. The molecule has 0 amide bonds. The molecule has 106 valence electrons. The number of nitrogens with zero attached hydrogens (tertiary/aromatic N) is 1. The third-order valence-corrected chi connectivity index (χ3v) is 3.60. The molecular weight excluding hydrogens is 258 g/mol. The molecule has 0 bridgehead atoms. The summed E-state index contributed by atoms with van der Waals surface area (Å²) in [6.45, 7) is 2.85. The van der Waals surface area contributed by atoms with Crippen LogP contribution in [0.2, 0.25) is 0 Å². The number of fused-ring (bicyclic) bond motifs is 1. The fraction of sp³-hybridized carbons (Fsp3) is 0.211. The number of pyridine rings is 1. The number of hydrogen-bond acceptors (Lipinski definition) is 2. The molecule has 1 aromatic heterocycles. The number of rotatable bonds is 5. The van der Waals surface area contributed by atoms with Crippen molar-refractivity contribution in [1.82, 2.24) is 4.98 Å². The number of hydrogen-bond donors (Lipinski definition) is 0. The van der Waals surface area contributed by atoms with Crippen molar-refractivity contribution in [1.29, 1.82) is 0 Å². The SMILES string of the molecule is Cc1ccc2ccc(OCCCc3ccncc3)cc2c1. The highest BCUT2D eigenvalue weighted by atomic mass is 16.5. The quantitative estimate of drug-likeness (QED) is 0.638. The lowest BCUT2D eigenvalue weighted by molar-refractivity contribution is 0.311. The van der Waals surface area contributed by atoms with Crippen molar-refractivity contribution in [2.75, 3.05) is 6.61 Å². The Labute approximate surface area is 125 Å². The summed E-state index contributed by atoms with van der Waals surface area (Å²) >= 11 is 0. The Morgan fingerprint density at radius 2 is 1.71 bits per heavy atom. The van der Waals surface area contributed by atoms with Crippen LogP contribution in [0, 0.1) is 6.92 Å². The lowest BCUT2D eigenvalue weighted by Crippen LogP contribution is -1.99. The molecule has 2 aromatic carbocycles. The Hall–Kier alpha value is -2.35. The molecule has 0 aliphatic carbocycles. The molecule has 0 N–H and O–H groups in total. The van der Waals surface area contributed by atoms with Gasteiger partial charge in [-0.3, -0.25) is 4.98 Å². The van der Waals surface area contributed by atoms with Crippen LogP contribution in [0.25, 0.3) is 10.8 Å². The lowest BCUT2D eigenvalue weighted by atomic mass is 10.1. The van der Waals surface area contributed by atoms with E-state index in [2.05, 4.69) is 54.4 Å². The third-order valence-electron chi connectivity index (χ3n) is 3.60. The summed E-state index contributed by atoms with van der Waals surface area (Å²) in [5.74, 6) is 0.947. The topological polar surface area (TPSA) is 22.1 Å². The fourth-order valence-corrected chi connectivity index (χ4v) is 2.45. The van der Waals surface area contributed by atoms with Crippen LogP contribution >= 0.6 is 0 Å². The van der Waals surface area contributed by atoms with Crippen molar-refractivity contribution in [3.8, 4) is 5.75 Å². The molecule has 1 heterocycles. The molecule has 0 unspecified atom stereocenters. The van der Waals surface area contributed by atoms with Crippen molar-refractivity contribution in [3.05, 3.63) is 72.1 Å². The van der Waals surface area contributed by atoms with E-state index >= 15 is 0 Å². The first-order chi connectivity index (χ1) is 10.3. The van der Waals surface area contributed by atoms with Crippen molar-refractivity contribution < 1.29 is 4.74 Å². The molecule has 0 fully saturated rings. The molecule has 3 aromatic rings. The van der Waals surface area contributed by atoms with Gasteiger partial charge in [0.15, 0.2) is 0 Å². The Morgan fingerprint density at radius 1 is 0.905 bits per heavy atom. The van der Waals surface area contributed by atoms with E-state index in [0.717, 1.165) is 25.2 Å². The molecular formula is C19H19NO. The van der Waals surface area contributed by atoms with E-state index in [9.17, 15) is 0 Å². The molecule has 0 spiro atoms. The van der Waals surface area contributed by atoms with Crippen LogP contribution in [0.1, 0.15) is 17.5 Å². The summed E-state index contributed by atoms with van der Waals surface area (Å²) in [4.78, 5) is 4.03. The summed E-state index contributed by atoms with van der Waals surface area (Å²) in [5, 5.41) is 2.49. The van der Waals surface area contributed by atoms with Crippen LogP contribution < -0.4 is 4.74 Å². The Bertz CT molecular complexity index is 722. The van der Waals surface area contributed by atoms with Crippen LogP contribution in [-0.4, -0.2) is 11.6 Å². The van der Waals surface area contributed by atoms with E-state index in [1.165, 1.54) is 21.9 Å². The number of aryl methyl sites for hydroxylation is 2. The van der Waals surface area contributed by atoms with Gasteiger partial charge in [0, 0.05) is 12.4 Å². The van der Waals surface area contributed by atoms with Gasteiger partial charge in [-0.15, -0.1) is 0 Å². The lowest BCUT2D eigenvalue weighted by Gasteiger charge is -2.08. The zero-order valence-electron chi connectivity index (χ0n) is 12.3. The van der Waals surface area contributed by atoms with E-state index in [4.69, 9.17) is 4.74 Å². The highest BCUT2D eigenvalue weighted by Gasteiger charge is 1.99. The van der Waals surface area contributed by atoms with Crippen molar-refractivity contribution in [3.63, 3.8) is 0 Å². The second-order valence-corrected chi connectivity index (χ2v) is 5.32. The average molecular weight is 277 g/mol. The first-order valence-electron chi connectivity index (χ1n) is 7.33. The van der Waals surface area contributed by atoms with Gasteiger partial charge in [0.25, 0.3) is 0 Å². The molecule has 21 heavy (non-hydrogen) atoms. The molecule has 0 atom stereocenters. The van der Waals surface area contributed by atoms with E-state index in [-0.39, 0.29) is 0 Å². The standard InChI is InChI=1S/C19H19NO/c1-15-4-5-17-6-7-19(14-18(17)13-15)21-12-2-3-16-8-10-20-11-9-16/h4-11,13-14H,2-3,12H2,1H3. The van der Waals surface area contributed by atoms with Crippen LogP contribution in [0.4, 0.5) is 0 Å². The fourth-order valence-electron chi connectivity index (χ4n) is 2.45. The number of benzene rings is 2. The molecule has 0 aliphatic heterocycles. The van der Waals surface area contributed by atoms with E-state index in [0.29, 0.717) is 0 Å². The zero-order chi connectivity index (χ0) is 14.5. The molecule has 0 aliphatic rings. The van der Waals surface area contributed by atoms with E-state index in [1.807, 2.05) is 18.5 Å². The van der Waals surface area contributed by atoms with Crippen molar-refractivity contribution >= 4 is 10.8 Å². The normalized spacial score (nSPS) is 10.7. The van der Waals surface area contributed by atoms with Gasteiger partial charge in [-0.2, -0.15) is 0 Å². The highest BCUT2D eigenvalue weighted by Crippen LogP contribution is 2.22. The Kier molecular flexibility index (Phi) is 4.15. The molecule has 0 radical (unpaired) electrons. The summed E-state index contributed by atoms with van der Waals surface area (Å²) in [6.07, 6.45) is 5.70. The van der Waals surface area contributed by atoms with Crippen LogP contribution in [0.3, 0.4) is 0 Å². The maximum atomic E-state index is 5.86. The molecule has 3 rings (SSSR count). The largest absolute Gasteiger partial charge is 0.494 e. The minimum Gasteiger partial charge on any atom is -0.494 e. The highest BCUT2D eigenvalue weighted by molar-refractivity contribution is 5.84. The third kappa shape index (κ3) is 3.60. The van der Waals surface area contributed by atoms with Crippen LogP contribution in [-0.2, 0) is 6.42 Å². The number of aromatic nitrogens is 1. The van der Waals surface area contributed by atoms with Gasteiger partial charge in [-0.1, -0.05) is 29.8 Å². The zero-order valence-corrected chi connectivity index (χ0v) is 12.3. The second kappa shape index (κ2) is 6.40. The minimum atomic E-state index is 0.736. The van der Waals surface area contributed by atoms with Gasteiger partial charge in [0.1, 0.15) is 5.75 Å².